The highest BCUT2D eigenvalue weighted by Crippen LogP contribution is 2.37. The Kier molecular flexibility index (Phi) is 6.24. The van der Waals surface area contributed by atoms with Crippen LogP contribution in [0.5, 0.6) is 11.5 Å². The van der Waals surface area contributed by atoms with E-state index in [0.717, 1.165) is 21.0 Å². The molecule has 2 rings (SSSR count). The zero-order valence-corrected chi connectivity index (χ0v) is 14.9. The number of carbonyl (C=O) groups is 5. The van der Waals surface area contributed by atoms with Crippen LogP contribution in [0.2, 0.25) is 0 Å². The van der Waals surface area contributed by atoms with Gasteiger partial charge in [0.1, 0.15) is 5.56 Å². The molecule has 1 aromatic carbocycles. The second-order valence-corrected chi connectivity index (χ2v) is 5.60. The van der Waals surface area contributed by atoms with E-state index >= 15 is 0 Å². The smallest absolute Gasteiger partial charge is 0.341 e. The van der Waals surface area contributed by atoms with Crippen molar-refractivity contribution in [3.8, 4) is 11.5 Å². The average molecular weight is 379 g/mol. The summed E-state index contributed by atoms with van der Waals surface area (Å²) in [6.07, 6.45) is 0. The van der Waals surface area contributed by atoms with Crippen molar-refractivity contribution < 1.29 is 42.9 Å². The SMILES string of the molecule is COC(=O)c1ccc(CN2CC(=O)OC(=O)C2)c(OC(C)=O)c1OC(C)=O. The molecule has 0 atom stereocenters. The molecular formula is C17H17NO9. The Morgan fingerprint density at radius 1 is 1.00 bits per heavy atom. The second-order valence-electron chi connectivity index (χ2n) is 5.60. The average Bonchev–Trinajstić information content (AvgIpc) is 2.55. The first kappa shape index (κ1) is 20.0. The maximum absolute atomic E-state index is 12.0. The van der Waals surface area contributed by atoms with Crippen molar-refractivity contribution in [3.63, 3.8) is 0 Å². The van der Waals surface area contributed by atoms with Gasteiger partial charge >= 0.3 is 29.8 Å². The van der Waals surface area contributed by atoms with Crippen molar-refractivity contribution in [2.45, 2.75) is 20.4 Å². The molecular weight excluding hydrogens is 362 g/mol. The van der Waals surface area contributed by atoms with Crippen molar-refractivity contribution in [3.05, 3.63) is 23.3 Å². The zero-order valence-electron chi connectivity index (χ0n) is 14.9. The topological polar surface area (TPSA) is 126 Å². The molecule has 1 saturated heterocycles. The van der Waals surface area contributed by atoms with Crippen LogP contribution in [0.3, 0.4) is 0 Å². The Balaban J connectivity index is 2.50. The third kappa shape index (κ3) is 5.11. The third-order valence-electron chi connectivity index (χ3n) is 3.42. The Labute approximate surface area is 153 Å². The molecule has 0 saturated carbocycles. The van der Waals surface area contributed by atoms with Gasteiger partial charge in [-0.25, -0.2) is 4.79 Å². The van der Waals surface area contributed by atoms with E-state index in [0.29, 0.717) is 5.56 Å². The van der Waals surface area contributed by atoms with Crippen molar-refractivity contribution >= 4 is 29.8 Å². The summed E-state index contributed by atoms with van der Waals surface area (Å²) in [5.41, 5.74) is 0.193. The molecule has 0 N–H and O–H groups in total. The maximum Gasteiger partial charge on any atom is 0.341 e. The molecule has 0 amide bonds. The molecule has 0 spiro atoms. The molecule has 0 radical (unpaired) electrons. The van der Waals surface area contributed by atoms with Crippen molar-refractivity contribution in [2.75, 3.05) is 20.2 Å². The summed E-state index contributed by atoms with van der Waals surface area (Å²) in [5.74, 6) is -4.16. The highest BCUT2D eigenvalue weighted by Gasteiger charge is 2.29. The predicted octanol–water partition coefficient (Wildman–Crippen LogP) is 0.209. The summed E-state index contributed by atoms with van der Waals surface area (Å²) < 4.78 is 19.3. The lowest BCUT2D eigenvalue weighted by Crippen LogP contribution is -2.42. The van der Waals surface area contributed by atoms with E-state index in [-0.39, 0.29) is 36.7 Å². The van der Waals surface area contributed by atoms with Gasteiger partial charge in [0.15, 0.2) is 11.5 Å². The summed E-state index contributed by atoms with van der Waals surface area (Å²) >= 11 is 0. The van der Waals surface area contributed by atoms with E-state index in [9.17, 15) is 24.0 Å². The molecule has 0 bridgehead atoms. The van der Waals surface area contributed by atoms with Gasteiger partial charge < -0.3 is 18.9 Å². The lowest BCUT2D eigenvalue weighted by molar-refractivity contribution is -0.167. The van der Waals surface area contributed by atoms with Crippen LogP contribution in [0.25, 0.3) is 0 Å². The van der Waals surface area contributed by atoms with Gasteiger partial charge in [-0.3, -0.25) is 24.1 Å². The van der Waals surface area contributed by atoms with Gasteiger partial charge in [0.25, 0.3) is 0 Å². The maximum atomic E-state index is 12.0. The largest absolute Gasteiger partial charge is 0.465 e. The van der Waals surface area contributed by atoms with Crippen molar-refractivity contribution in [2.24, 2.45) is 0 Å². The Morgan fingerprint density at radius 2 is 1.56 bits per heavy atom. The van der Waals surface area contributed by atoms with Crippen LogP contribution in [0.4, 0.5) is 0 Å². The Morgan fingerprint density at radius 3 is 2.07 bits per heavy atom. The molecule has 27 heavy (non-hydrogen) atoms. The highest BCUT2D eigenvalue weighted by atomic mass is 16.6. The molecule has 1 heterocycles. The summed E-state index contributed by atoms with van der Waals surface area (Å²) in [6.45, 7) is 1.93. The van der Waals surface area contributed by atoms with Crippen LogP contribution >= 0.6 is 0 Å². The van der Waals surface area contributed by atoms with Crippen LogP contribution < -0.4 is 9.47 Å². The van der Waals surface area contributed by atoms with Crippen LogP contribution in [0.1, 0.15) is 29.8 Å². The summed E-state index contributed by atoms with van der Waals surface area (Å²) in [6, 6.07) is 2.78. The van der Waals surface area contributed by atoms with E-state index in [1.54, 1.807) is 0 Å². The van der Waals surface area contributed by atoms with Crippen LogP contribution in [-0.2, 0) is 35.2 Å². The number of rotatable bonds is 5. The molecule has 10 nitrogen and oxygen atoms in total. The third-order valence-corrected chi connectivity index (χ3v) is 3.42. The van der Waals surface area contributed by atoms with E-state index in [1.807, 2.05) is 0 Å². The van der Waals surface area contributed by atoms with Crippen molar-refractivity contribution in [1.29, 1.82) is 0 Å². The summed E-state index contributed by atoms with van der Waals surface area (Å²) in [5, 5.41) is 0. The minimum atomic E-state index is -0.803. The van der Waals surface area contributed by atoms with Gasteiger partial charge in [0.2, 0.25) is 0 Å². The normalized spacial score (nSPS) is 14.3. The minimum absolute atomic E-state index is 0.000823. The molecule has 0 unspecified atom stereocenters. The number of hydrogen-bond donors (Lipinski definition) is 0. The monoisotopic (exact) mass is 379 g/mol. The number of nitrogens with zero attached hydrogens (tertiary/aromatic N) is 1. The predicted molar refractivity (Wildman–Crippen MR) is 86.8 cm³/mol. The first-order valence-electron chi connectivity index (χ1n) is 7.78. The number of benzene rings is 1. The van der Waals surface area contributed by atoms with Crippen LogP contribution in [0.15, 0.2) is 12.1 Å². The highest BCUT2D eigenvalue weighted by molar-refractivity contribution is 5.95. The van der Waals surface area contributed by atoms with Gasteiger partial charge in [0.05, 0.1) is 20.2 Å². The molecule has 0 aliphatic carbocycles. The minimum Gasteiger partial charge on any atom is -0.465 e. The van der Waals surface area contributed by atoms with Crippen molar-refractivity contribution in [1.82, 2.24) is 4.90 Å². The molecule has 1 aliphatic heterocycles. The van der Waals surface area contributed by atoms with Gasteiger partial charge in [-0.15, -0.1) is 0 Å². The number of ether oxygens (including phenoxy) is 4. The number of hydrogen-bond acceptors (Lipinski definition) is 10. The van der Waals surface area contributed by atoms with Crippen LogP contribution in [-0.4, -0.2) is 54.9 Å². The number of morpholine rings is 1. The zero-order chi connectivity index (χ0) is 20.1. The molecule has 1 aromatic rings. The Hall–Kier alpha value is -3.27. The van der Waals surface area contributed by atoms with E-state index in [2.05, 4.69) is 9.47 Å². The van der Waals surface area contributed by atoms with Gasteiger partial charge in [-0.05, 0) is 6.07 Å². The summed E-state index contributed by atoms with van der Waals surface area (Å²) in [7, 11) is 1.14. The quantitative estimate of drug-likeness (QED) is 0.398. The second kappa shape index (κ2) is 8.41. The fourth-order valence-electron chi connectivity index (χ4n) is 2.46. The van der Waals surface area contributed by atoms with E-state index in [4.69, 9.17) is 9.47 Å². The molecule has 1 aliphatic rings. The van der Waals surface area contributed by atoms with E-state index in [1.165, 1.54) is 17.0 Å². The fourth-order valence-corrected chi connectivity index (χ4v) is 2.46. The van der Waals surface area contributed by atoms with Crippen LogP contribution in [0, 0.1) is 0 Å². The number of methoxy groups -OCH3 is 1. The fraction of sp³-hybridized carbons (Fsp3) is 0.353. The number of carbonyl (C=O) groups excluding carboxylic acids is 5. The van der Waals surface area contributed by atoms with Gasteiger partial charge in [-0.1, -0.05) is 6.07 Å². The molecule has 0 aromatic heterocycles. The Bertz CT molecular complexity index is 799. The van der Waals surface area contributed by atoms with Gasteiger partial charge in [0, 0.05) is 26.0 Å². The van der Waals surface area contributed by atoms with E-state index < -0.39 is 29.8 Å². The molecule has 144 valence electrons. The van der Waals surface area contributed by atoms with Gasteiger partial charge in [-0.2, -0.15) is 0 Å². The molecule has 10 heteroatoms. The standard InChI is InChI=1S/C17H17NO9/c1-9(19)25-15-11(6-18-7-13(21)27-14(22)8-18)4-5-12(17(23)24-3)16(15)26-10(2)20/h4-5H,6-8H2,1-3H3. The molecule has 1 fully saturated rings. The first-order valence-corrected chi connectivity index (χ1v) is 7.78. The number of esters is 5. The lowest BCUT2D eigenvalue weighted by atomic mass is 10.1. The first-order chi connectivity index (χ1) is 12.7. The number of cyclic esters (lactones) is 2. The summed E-state index contributed by atoms with van der Waals surface area (Å²) in [4.78, 5) is 59.3. The lowest BCUT2D eigenvalue weighted by Gasteiger charge is -2.25.